The van der Waals surface area contributed by atoms with Crippen LogP contribution in [0.4, 0.5) is 0 Å². The van der Waals surface area contributed by atoms with Gasteiger partial charge in [0.2, 0.25) is 0 Å². The van der Waals surface area contributed by atoms with Crippen molar-refractivity contribution in [3.8, 4) is 11.5 Å². The normalized spacial score (nSPS) is 10.6. The Hall–Kier alpha value is -3.35. The second-order valence-electron chi connectivity index (χ2n) is 6.37. The zero-order chi connectivity index (χ0) is 21.1. The molecule has 0 unspecified atom stereocenters. The van der Waals surface area contributed by atoms with Gasteiger partial charge in [-0.25, -0.2) is 5.43 Å². The molecule has 0 aromatic heterocycles. The van der Waals surface area contributed by atoms with Crippen LogP contribution in [0.5, 0.6) is 11.5 Å². The van der Waals surface area contributed by atoms with Gasteiger partial charge in [0.05, 0.1) is 12.8 Å². The van der Waals surface area contributed by atoms with E-state index in [-0.39, 0.29) is 0 Å². The van der Waals surface area contributed by atoms with Crippen LogP contribution in [0.15, 0.2) is 47.6 Å². The van der Waals surface area contributed by atoms with E-state index < -0.39 is 11.8 Å². The van der Waals surface area contributed by atoms with Crippen LogP contribution >= 0.6 is 0 Å². The van der Waals surface area contributed by atoms with Crippen LogP contribution in [0.2, 0.25) is 0 Å². The van der Waals surface area contributed by atoms with Crippen LogP contribution in [-0.2, 0) is 16.2 Å². The number of hydrogen-bond acceptors (Lipinski definition) is 5. The maximum absolute atomic E-state index is 11.6. The largest absolute Gasteiger partial charge is 0.490 e. The number of aryl methyl sites for hydroxylation is 1. The number of hydrazone groups is 1. The van der Waals surface area contributed by atoms with Crippen molar-refractivity contribution in [2.45, 2.75) is 33.8 Å². The molecule has 7 nitrogen and oxygen atoms in total. The highest BCUT2D eigenvalue weighted by atomic mass is 16.5. The number of ether oxygens (including phenoxy) is 2. The van der Waals surface area contributed by atoms with E-state index in [0.717, 1.165) is 12.0 Å². The lowest BCUT2D eigenvalue weighted by molar-refractivity contribution is -0.139. The minimum atomic E-state index is -0.808. The summed E-state index contributed by atoms with van der Waals surface area (Å²) in [6.07, 6.45) is 2.19. The molecule has 0 aliphatic carbocycles. The molecular weight excluding hydrogens is 370 g/mol. The van der Waals surface area contributed by atoms with Crippen LogP contribution in [-0.4, -0.2) is 31.2 Å². The predicted octanol–water partition coefficient (Wildman–Crippen LogP) is 2.95. The van der Waals surface area contributed by atoms with Gasteiger partial charge in [-0.1, -0.05) is 36.8 Å². The van der Waals surface area contributed by atoms with Gasteiger partial charge in [0.25, 0.3) is 0 Å². The highest BCUT2D eigenvalue weighted by Gasteiger charge is 2.11. The molecule has 0 bridgehead atoms. The summed E-state index contributed by atoms with van der Waals surface area (Å²) in [5.74, 6) is -0.320. The Balaban J connectivity index is 1.99. The molecule has 0 saturated carbocycles. The number of nitrogens with one attached hydrogen (secondary N) is 2. The molecule has 154 valence electrons. The highest BCUT2D eigenvalue weighted by Crippen LogP contribution is 2.29. The van der Waals surface area contributed by atoms with Crippen molar-refractivity contribution in [2.24, 2.45) is 5.10 Å². The number of carbonyl (C=O) groups excluding carboxylic acids is 2. The molecule has 0 spiro atoms. The molecule has 7 heteroatoms. The summed E-state index contributed by atoms with van der Waals surface area (Å²) in [6.45, 7) is 7.18. The number of rotatable bonds is 9. The zero-order valence-electron chi connectivity index (χ0n) is 17.0. The van der Waals surface area contributed by atoms with Crippen molar-refractivity contribution in [3.05, 3.63) is 59.2 Å². The SMILES string of the molecule is CCCNC(=O)C(=O)N/N=C\c1ccc(OCc2ccc(C)cc2)c(OCC)c1. The van der Waals surface area contributed by atoms with Crippen LogP contribution in [0.3, 0.4) is 0 Å². The smallest absolute Gasteiger partial charge is 0.329 e. The van der Waals surface area contributed by atoms with Gasteiger partial charge >= 0.3 is 11.8 Å². The number of nitrogens with zero attached hydrogens (tertiary/aromatic N) is 1. The van der Waals surface area contributed by atoms with Crippen LogP contribution in [0.25, 0.3) is 0 Å². The first kappa shape index (κ1) is 21.9. The minimum absolute atomic E-state index is 0.427. The molecule has 2 N–H and O–H groups in total. The Morgan fingerprint density at radius 1 is 1.00 bits per heavy atom. The summed E-state index contributed by atoms with van der Waals surface area (Å²) in [7, 11) is 0. The van der Waals surface area contributed by atoms with E-state index in [2.05, 4.69) is 15.8 Å². The van der Waals surface area contributed by atoms with Crippen molar-refractivity contribution in [1.82, 2.24) is 10.7 Å². The minimum Gasteiger partial charge on any atom is -0.490 e. The second-order valence-corrected chi connectivity index (χ2v) is 6.37. The number of amides is 2. The van der Waals surface area contributed by atoms with E-state index in [1.165, 1.54) is 11.8 Å². The van der Waals surface area contributed by atoms with Crippen molar-refractivity contribution in [3.63, 3.8) is 0 Å². The van der Waals surface area contributed by atoms with Crippen molar-refractivity contribution in [2.75, 3.05) is 13.2 Å². The van der Waals surface area contributed by atoms with Crippen molar-refractivity contribution < 1.29 is 19.1 Å². The van der Waals surface area contributed by atoms with Crippen LogP contribution in [0, 0.1) is 6.92 Å². The lowest BCUT2D eigenvalue weighted by atomic mass is 10.2. The van der Waals surface area contributed by atoms with E-state index in [0.29, 0.717) is 36.8 Å². The molecule has 0 aliphatic heterocycles. The van der Waals surface area contributed by atoms with Gasteiger partial charge in [-0.05, 0) is 49.6 Å². The van der Waals surface area contributed by atoms with Crippen molar-refractivity contribution >= 4 is 18.0 Å². The lowest BCUT2D eigenvalue weighted by Gasteiger charge is -2.12. The fraction of sp³-hybridized carbons (Fsp3) is 0.318. The Morgan fingerprint density at radius 2 is 1.76 bits per heavy atom. The van der Waals surface area contributed by atoms with Gasteiger partial charge in [-0.15, -0.1) is 0 Å². The molecule has 0 radical (unpaired) electrons. The molecule has 2 amide bonds. The monoisotopic (exact) mass is 397 g/mol. The Kier molecular flexibility index (Phi) is 8.69. The molecule has 0 heterocycles. The quantitative estimate of drug-likeness (QED) is 0.387. The van der Waals surface area contributed by atoms with Gasteiger partial charge in [0.15, 0.2) is 11.5 Å². The molecule has 2 rings (SSSR count). The molecule has 0 saturated heterocycles. The second kappa shape index (κ2) is 11.5. The maximum Gasteiger partial charge on any atom is 0.329 e. The first-order valence-corrected chi connectivity index (χ1v) is 9.60. The summed E-state index contributed by atoms with van der Waals surface area (Å²) in [5, 5.41) is 6.30. The third kappa shape index (κ3) is 7.29. The van der Waals surface area contributed by atoms with E-state index in [9.17, 15) is 9.59 Å². The maximum atomic E-state index is 11.6. The number of carbonyl (C=O) groups is 2. The number of hydrogen-bond donors (Lipinski definition) is 2. The zero-order valence-corrected chi connectivity index (χ0v) is 17.0. The topological polar surface area (TPSA) is 89.0 Å². The van der Waals surface area contributed by atoms with E-state index in [4.69, 9.17) is 9.47 Å². The van der Waals surface area contributed by atoms with Crippen LogP contribution < -0.4 is 20.2 Å². The third-order valence-electron chi connectivity index (χ3n) is 3.90. The van der Waals surface area contributed by atoms with Gasteiger partial charge in [0, 0.05) is 6.54 Å². The van der Waals surface area contributed by atoms with E-state index in [1.807, 2.05) is 45.0 Å². The molecule has 0 fully saturated rings. The average molecular weight is 397 g/mol. The van der Waals surface area contributed by atoms with E-state index >= 15 is 0 Å². The summed E-state index contributed by atoms with van der Waals surface area (Å²) >= 11 is 0. The van der Waals surface area contributed by atoms with Gasteiger partial charge in [-0.2, -0.15) is 5.10 Å². The third-order valence-corrected chi connectivity index (χ3v) is 3.90. The van der Waals surface area contributed by atoms with Gasteiger partial charge in [-0.3, -0.25) is 9.59 Å². The Morgan fingerprint density at radius 3 is 2.45 bits per heavy atom. The fourth-order valence-electron chi connectivity index (χ4n) is 2.37. The molecular formula is C22H27N3O4. The molecule has 2 aromatic rings. The standard InChI is InChI=1S/C22H27N3O4/c1-4-12-23-21(26)22(27)25-24-14-18-10-11-19(20(13-18)28-5-2)29-15-17-8-6-16(3)7-9-17/h6-11,13-14H,4-5,12,15H2,1-3H3,(H,23,26)(H,25,27)/b24-14-. The molecule has 0 atom stereocenters. The fourth-order valence-corrected chi connectivity index (χ4v) is 2.37. The number of benzene rings is 2. The van der Waals surface area contributed by atoms with Gasteiger partial charge in [0.1, 0.15) is 6.61 Å². The summed E-state index contributed by atoms with van der Waals surface area (Å²) in [4.78, 5) is 23.1. The first-order valence-electron chi connectivity index (χ1n) is 9.60. The summed E-state index contributed by atoms with van der Waals surface area (Å²) in [5.41, 5.74) is 5.16. The average Bonchev–Trinajstić information content (AvgIpc) is 2.72. The van der Waals surface area contributed by atoms with E-state index in [1.54, 1.807) is 18.2 Å². The lowest BCUT2D eigenvalue weighted by Crippen LogP contribution is -2.38. The molecule has 29 heavy (non-hydrogen) atoms. The van der Waals surface area contributed by atoms with Crippen LogP contribution in [0.1, 0.15) is 37.0 Å². The summed E-state index contributed by atoms with van der Waals surface area (Å²) in [6, 6.07) is 13.5. The Bertz CT molecular complexity index is 848. The molecule has 0 aliphatic rings. The molecule has 2 aromatic carbocycles. The summed E-state index contributed by atoms with van der Waals surface area (Å²) < 4.78 is 11.5. The van der Waals surface area contributed by atoms with Crippen molar-refractivity contribution in [1.29, 1.82) is 0 Å². The Labute approximate surface area is 171 Å². The highest BCUT2D eigenvalue weighted by molar-refractivity contribution is 6.35. The van der Waals surface area contributed by atoms with Gasteiger partial charge < -0.3 is 14.8 Å². The predicted molar refractivity (Wildman–Crippen MR) is 112 cm³/mol. The first-order chi connectivity index (χ1) is 14.0.